The highest BCUT2D eigenvalue weighted by atomic mass is 16.3. The second kappa shape index (κ2) is 6.06. The number of fused-ring (bicyclic) bond motifs is 1. The Labute approximate surface area is 126 Å². The van der Waals surface area contributed by atoms with Gasteiger partial charge in [-0.25, -0.2) is 0 Å². The van der Waals surface area contributed by atoms with E-state index < -0.39 is 5.56 Å². The van der Waals surface area contributed by atoms with Crippen LogP contribution in [0.1, 0.15) is 19.4 Å². The van der Waals surface area contributed by atoms with Gasteiger partial charge in [0, 0.05) is 12.4 Å². The standard InChI is InChI=1S/C16H13N3O3/c1-10(20)13(11(2)21)9-18-14-7-12(8-17)15-5-3-4-6-19(15)16(14)22/h3-7,9,20H,1-2H3/b13-10-,18-9?. The van der Waals surface area contributed by atoms with Crippen molar-refractivity contribution < 1.29 is 9.90 Å². The van der Waals surface area contributed by atoms with Crippen LogP contribution in [0, 0.1) is 11.3 Å². The Morgan fingerprint density at radius 3 is 2.73 bits per heavy atom. The highest BCUT2D eigenvalue weighted by molar-refractivity contribution is 6.12. The number of Topliss-reactive ketones (excluding diaryl/α,β-unsaturated/α-hetero) is 1. The summed E-state index contributed by atoms with van der Waals surface area (Å²) in [5, 5.41) is 18.6. The summed E-state index contributed by atoms with van der Waals surface area (Å²) in [5.74, 6) is -0.553. The number of aliphatic hydroxyl groups is 1. The molecule has 0 aliphatic rings. The maximum absolute atomic E-state index is 12.3. The van der Waals surface area contributed by atoms with Crippen LogP contribution >= 0.6 is 0 Å². The smallest absolute Gasteiger partial charge is 0.281 e. The lowest BCUT2D eigenvalue weighted by Gasteiger charge is -2.04. The first kappa shape index (κ1) is 15.2. The number of hydrogen-bond acceptors (Lipinski definition) is 5. The van der Waals surface area contributed by atoms with Gasteiger partial charge in [0.15, 0.2) is 5.78 Å². The van der Waals surface area contributed by atoms with E-state index in [1.54, 1.807) is 18.2 Å². The lowest BCUT2D eigenvalue weighted by molar-refractivity contribution is -0.113. The SMILES string of the molecule is CC(=O)/C(C=Nc1cc(C#N)c2ccccn2c1=O)=C(/C)O. The number of hydrogen-bond donors (Lipinski definition) is 1. The summed E-state index contributed by atoms with van der Waals surface area (Å²) in [6.07, 6.45) is 2.67. The molecule has 110 valence electrons. The maximum atomic E-state index is 12.3. The van der Waals surface area contributed by atoms with Crippen LogP contribution in [0.4, 0.5) is 5.69 Å². The van der Waals surface area contributed by atoms with E-state index in [4.69, 9.17) is 0 Å². The van der Waals surface area contributed by atoms with Gasteiger partial charge in [0.1, 0.15) is 17.5 Å². The van der Waals surface area contributed by atoms with Crippen molar-refractivity contribution in [1.82, 2.24) is 4.40 Å². The summed E-state index contributed by atoms with van der Waals surface area (Å²) in [6.45, 7) is 2.64. The van der Waals surface area contributed by atoms with E-state index in [-0.39, 0.29) is 22.8 Å². The van der Waals surface area contributed by atoms with Gasteiger partial charge in [-0.15, -0.1) is 0 Å². The van der Waals surface area contributed by atoms with Crippen LogP contribution in [0.5, 0.6) is 0 Å². The molecule has 2 heterocycles. The van der Waals surface area contributed by atoms with Crippen molar-refractivity contribution in [2.75, 3.05) is 0 Å². The number of aliphatic hydroxyl groups excluding tert-OH is 1. The van der Waals surface area contributed by atoms with Gasteiger partial charge in [-0.3, -0.25) is 19.0 Å². The van der Waals surface area contributed by atoms with Crippen LogP contribution < -0.4 is 5.56 Å². The maximum Gasteiger partial charge on any atom is 0.281 e. The van der Waals surface area contributed by atoms with Gasteiger partial charge < -0.3 is 5.11 Å². The van der Waals surface area contributed by atoms with Gasteiger partial charge >= 0.3 is 0 Å². The first-order chi connectivity index (χ1) is 10.5. The van der Waals surface area contributed by atoms with Crippen molar-refractivity contribution in [3.63, 3.8) is 0 Å². The minimum Gasteiger partial charge on any atom is -0.512 e. The first-order valence-electron chi connectivity index (χ1n) is 6.45. The molecule has 0 radical (unpaired) electrons. The Hall–Kier alpha value is -3.20. The van der Waals surface area contributed by atoms with Gasteiger partial charge in [-0.2, -0.15) is 5.26 Å². The molecule has 1 N–H and O–H groups in total. The Kier molecular flexibility index (Phi) is 4.18. The van der Waals surface area contributed by atoms with E-state index >= 15 is 0 Å². The molecule has 6 nitrogen and oxygen atoms in total. The zero-order valence-corrected chi connectivity index (χ0v) is 12.1. The van der Waals surface area contributed by atoms with Crippen molar-refractivity contribution in [1.29, 1.82) is 5.26 Å². The van der Waals surface area contributed by atoms with Gasteiger partial charge in [0.2, 0.25) is 0 Å². The van der Waals surface area contributed by atoms with E-state index in [9.17, 15) is 20.0 Å². The van der Waals surface area contributed by atoms with Crippen molar-refractivity contribution in [3.05, 3.63) is 57.7 Å². The molecule has 0 saturated heterocycles. The van der Waals surface area contributed by atoms with Crippen LogP contribution in [-0.4, -0.2) is 21.5 Å². The Morgan fingerprint density at radius 1 is 1.41 bits per heavy atom. The number of pyridine rings is 2. The fraction of sp³-hybridized carbons (Fsp3) is 0.125. The van der Waals surface area contributed by atoms with E-state index in [1.165, 1.54) is 30.5 Å². The van der Waals surface area contributed by atoms with Gasteiger partial charge in [0.05, 0.1) is 16.7 Å². The highest BCUT2D eigenvalue weighted by Gasteiger charge is 2.09. The number of aliphatic imine (C=N–C) groups is 1. The number of rotatable bonds is 3. The fourth-order valence-corrected chi connectivity index (χ4v) is 1.99. The van der Waals surface area contributed by atoms with Gasteiger partial charge in [-0.05, 0) is 32.0 Å². The van der Waals surface area contributed by atoms with Crippen LogP contribution in [0.15, 0.2) is 51.6 Å². The van der Waals surface area contributed by atoms with Crippen LogP contribution in [-0.2, 0) is 4.79 Å². The third-order valence-electron chi connectivity index (χ3n) is 3.08. The summed E-state index contributed by atoms with van der Waals surface area (Å²) >= 11 is 0. The number of allylic oxidation sites excluding steroid dienone is 2. The normalized spacial score (nSPS) is 12.2. The first-order valence-corrected chi connectivity index (χ1v) is 6.45. The molecule has 2 aromatic rings. The molecule has 0 amide bonds. The summed E-state index contributed by atoms with van der Waals surface area (Å²) in [6, 6.07) is 8.42. The minimum atomic E-state index is -0.413. The summed E-state index contributed by atoms with van der Waals surface area (Å²) in [5.41, 5.74) is 0.386. The molecule has 2 rings (SSSR count). The number of aromatic nitrogens is 1. The molecule has 0 saturated carbocycles. The molecule has 0 spiro atoms. The molecule has 0 atom stereocenters. The molecule has 6 heteroatoms. The fourth-order valence-electron chi connectivity index (χ4n) is 1.99. The number of carbonyl (C=O) groups excluding carboxylic acids is 1. The monoisotopic (exact) mass is 295 g/mol. The molecule has 0 bridgehead atoms. The second-order valence-corrected chi connectivity index (χ2v) is 4.63. The molecular formula is C16H13N3O3. The molecule has 0 aromatic carbocycles. The van der Waals surface area contributed by atoms with Crippen molar-refractivity contribution in [2.24, 2.45) is 4.99 Å². The molecule has 2 aromatic heterocycles. The molecule has 0 aliphatic heterocycles. The van der Waals surface area contributed by atoms with Crippen LogP contribution in [0.2, 0.25) is 0 Å². The van der Waals surface area contributed by atoms with Gasteiger partial charge in [0.25, 0.3) is 5.56 Å². The highest BCUT2D eigenvalue weighted by Crippen LogP contribution is 2.14. The molecule has 0 aliphatic carbocycles. The Morgan fingerprint density at radius 2 is 2.14 bits per heavy atom. The third-order valence-corrected chi connectivity index (χ3v) is 3.08. The molecule has 0 unspecified atom stereocenters. The van der Waals surface area contributed by atoms with E-state index in [0.717, 1.165) is 6.21 Å². The second-order valence-electron chi connectivity index (χ2n) is 4.63. The zero-order valence-electron chi connectivity index (χ0n) is 12.1. The molecule has 22 heavy (non-hydrogen) atoms. The largest absolute Gasteiger partial charge is 0.512 e. The van der Waals surface area contributed by atoms with Crippen LogP contribution in [0.3, 0.4) is 0 Å². The quantitative estimate of drug-likeness (QED) is 0.534. The lowest BCUT2D eigenvalue weighted by Crippen LogP contribution is -2.14. The predicted octanol–water partition coefficient (Wildman–Crippen LogP) is 2.29. The average Bonchev–Trinajstić information content (AvgIpc) is 2.49. The van der Waals surface area contributed by atoms with E-state index in [2.05, 4.69) is 4.99 Å². The molecular weight excluding hydrogens is 282 g/mol. The Balaban J connectivity index is 2.66. The van der Waals surface area contributed by atoms with Crippen molar-refractivity contribution in [3.8, 4) is 6.07 Å². The van der Waals surface area contributed by atoms with Crippen LogP contribution in [0.25, 0.3) is 5.52 Å². The third kappa shape index (κ3) is 2.79. The van der Waals surface area contributed by atoms with E-state index in [0.29, 0.717) is 11.1 Å². The topological polar surface area (TPSA) is 94.9 Å². The Bertz CT molecular complexity index is 910. The van der Waals surface area contributed by atoms with Gasteiger partial charge in [-0.1, -0.05) is 6.07 Å². The number of carbonyl (C=O) groups is 1. The average molecular weight is 295 g/mol. The van der Waals surface area contributed by atoms with Crippen molar-refractivity contribution in [2.45, 2.75) is 13.8 Å². The predicted molar refractivity (Wildman–Crippen MR) is 82.5 cm³/mol. The summed E-state index contributed by atoms with van der Waals surface area (Å²) in [7, 11) is 0. The number of nitriles is 1. The lowest BCUT2D eigenvalue weighted by atomic mass is 10.1. The molecule has 0 fully saturated rings. The minimum absolute atomic E-state index is 0.0102. The van der Waals surface area contributed by atoms with E-state index in [1.807, 2.05) is 6.07 Å². The summed E-state index contributed by atoms with van der Waals surface area (Å²) < 4.78 is 1.31. The zero-order chi connectivity index (χ0) is 16.3. The number of nitrogens with zero attached hydrogens (tertiary/aromatic N) is 3. The van der Waals surface area contributed by atoms with Crippen molar-refractivity contribution >= 4 is 23.2 Å². The number of ketones is 1. The summed E-state index contributed by atoms with van der Waals surface area (Å²) in [4.78, 5) is 27.7.